The Bertz CT molecular complexity index is 1310. The molecule has 8 heteroatoms. The molecule has 1 atom stereocenters. The third kappa shape index (κ3) is 3.94. The Kier molecular flexibility index (Phi) is 4.73. The van der Waals surface area contributed by atoms with Crippen molar-refractivity contribution in [2.45, 2.75) is 17.9 Å². The van der Waals surface area contributed by atoms with Gasteiger partial charge in [-0.05, 0) is 55.5 Å². The topological polar surface area (TPSA) is 114 Å². The van der Waals surface area contributed by atoms with Crippen LogP contribution in [0.15, 0.2) is 76.0 Å². The van der Waals surface area contributed by atoms with Gasteiger partial charge in [-0.25, -0.2) is 13.6 Å². The van der Waals surface area contributed by atoms with Crippen LogP contribution in [0, 0.1) is 0 Å². The summed E-state index contributed by atoms with van der Waals surface area (Å²) in [5, 5.41) is 13.0. The van der Waals surface area contributed by atoms with E-state index in [9.17, 15) is 13.2 Å². The molecule has 0 aliphatic rings. The van der Waals surface area contributed by atoms with Gasteiger partial charge in [-0.15, -0.1) is 0 Å². The van der Waals surface area contributed by atoms with Gasteiger partial charge in [0.2, 0.25) is 15.9 Å². The van der Waals surface area contributed by atoms with E-state index in [1.807, 2.05) is 42.5 Å². The first-order valence-electron chi connectivity index (χ1n) is 8.93. The van der Waals surface area contributed by atoms with Gasteiger partial charge >= 0.3 is 0 Å². The SMILES string of the molecule is C[C@@H](Nc1ccc2oc3ccccc3c2c1)C(=O)Nc1ccc(S(N)(=O)=O)cc1. The summed E-state index contributed by atoms with van der Waals surface area (Å²) >= 11 is 0. The number of hydrogen-bond acceptors (Lipinski definition) is 5. The Morgan fingerprint density at radius 3 is 2.31 bits per heavy atom. The molecule has 0 bridgehead atoms. The molecule has 3 aromatic carbocycles. The molecule has 1 amide bonds. The van der Waals surface area contributed by atoms with Crippen LogP contribution in [0.3, 0.4) is 0 Å². The van der Waals surface area contributed by atoms with Crippen LogP contribution in [-0.4, -0.2) is 20.4 Å². The van der Waals surface area contributed by atoms with Crippen molar-refractivity contribution in [3.8, 4) is 0 Å². The molecule has 4 aromatic rings. The van der Waals surface area contributed by atoms with E-state index in [0.717, 1.165) is 27.6 Å². The quantitative estimate of drug-likeness (QED) is 0.465. The average molecular weight is 409 g/mol. The van der Waals surface area contributed by atoms with Crippen molar-refractivity contribution in [3.63, 3.8) is 0 Å². The van der Waals surface area contributed by atoms with Crippen LogP contribution in [0.1, 0.15) is 6.92 Å². The van der Waals surface area contributed by atoms with Crippen molar-refractivity contribution in [2.75, 3.05) is 10.6 Å². The second-order valence-corrected chi connectivity index (χ2v) is 8.30. The minimum Gasteiger partial charge on any atom is -0.456 e. The highest BCUT2D eigenvalue weighted by Gasteiger charge is 2.15. The smallest absolute Gasteiger partial charge is 0.246 e. The molecule has 4 rings (SSSR count). The van der Waals surface area contributed by atoms with Crippen LogP contribution in [0.2, 0.25) is 0 Å². The van der Waals surface area contributed by atoms with Crippen LogP contribution in [0.5, 0.6) is 0 Å². The third-order valence-corrected chi connectivity index (χ3v) is 5.53. The number of furan rings is 1. The molecule has 0 spiro atoms. The van der Waals surface area contributed by atoms with Crippen molar-refractivity contribution in [2.24, 2.45) is 5.14 Å². The second-order valence-electron chi connectivity index (χ2n) is 6.73. The maximum absolute atomic E-state index is 12.5. The van der Waals surface area contributed by atoms with Gasteiger partial charge in [-0.1, -0.05) is 18.2 Å². The summed E-state index contributed by atoms with van der Waals surface area (Å²) in [6.45, 7) is 1.74. The first-order valence-corrected chi connectivity index (χ1v) is 10.5. The number of benzene rings is 3. The minimum atomic E-state index is -3.77. The lowest BCUT2D eigenvalue weighted by Crippen LogP contribution is -2.31. The standard InChI is InChI=1S/C21H19N3O4S/c1-13(21(25)24-14-6-9-16(10-7-14)29(22,26)27)23-15-8-11-20-18(12-15)17-4-2-3-5-19(17)28-20/h2-13,23H,1H3,(H,24,25)(H2,22,26,27)/t13-/m1/s1. The third-order valence-electron chi connectivity index (χ3n) is 4.60. The number of nitrogens with one attached hydrogen (secondary N) is 2. The molecule has 7 nitrogen and oxygen atoms in total. The van der Waals surface area contributed by atoms with E-state index in [2.05, 4.69) is 10.6 Å². The Balaban J connectivity index is 1.49. The molecule has 29 heavy (non-hydrogen) atoms. The number of anilines is 2. The summed E-state index contributed by atoms with van der Waals surface area (Å²) in [5.74, 6) is -0.259. The summed E-state index contributed by atoms with van der Waals surface area (Å²) in [5.41, 5.74) is 2.86. The van der Waals surface area contributed by atoms with Crippen LogP contribution in [0.4, 0.5) is 11.4 Å². The van der Waals surface area contributed by atoms with Crippen LogP contribution < -0.4 is 15.8 Å². The maximum Gasteiger partial charge on any atom is 0.246 e. The summed E-state index contributed by atoms with van der Waals surface area (Å²) in [6, 6.07) is 18.6. The molecular weight excluding hydrogens is 390 g/mol. The summed E-state index contributed by atoms with van der Waals surface area (Å²) < 4.78 is 28.4. The number of primary sulfonamides is 1. The molecule has 0 aliphatic heterocycles. The Morgan fingerprint density at radius 2 is 1.59 bits per heavy atom. The van der Waals surface area contributed by atoms with Crippen LogP contribution >= 0.6 is 0 Å². The minimum absolute atomic E-state index is 0.0117. The number of nitrogens with two attached hydrogens (primary N) is 1. The van der Waals surface area contributed by atoms with Gasteiger partial charge in [-0.3, -0.25) is 4.79 Å². The first-order chi connectivity index (χ1) is 13.8. The van der Waals surface area contributed by atoms with E-state index in [0.29, 0.717) is 5.69 Å². The van der Waals surface area contributed by atoms with E-state index in [1.54, 1.807) is 6.92 Å². The van der Waals surface area contributed by atoms with E-state index < -0.39 is 16.1 Å². The number of sulfonamides is 1. The van der Waals surface area contributed by atoms with Gasteiger partial charge in [0.25, 0.3) is 0 Å². The summed E-state index contributed by atoms with van der Waals surface area (Å²) in [6.07, 6.45) is 0. The van der Waals surface area contributed by atoms with Crippen LogP contribution in [-0.2, 0) is 14.8 Å². The molecule has 0 aliphatic carbocycles. The highest BCUT2D eigenvalue weighted by molar-refractivity contribution is 7.89. The normalized spacial score (nSPS) is 12.8. The van der Waals surface area contributed by atoms with E-state index in [-0.39, 0.29) is 10.8 Å². The summed E-state index contributed by atoms with van der Waals surface area (Å²) in [7, 11) is -3.77. The number of carbonyl (C=O) groups excluding carboxylic acids is 1. The molecule has 1 aromatic heterocycles. The largest absolute Gasteiger partial charge is 0.456 e. The van der Waals surface area contributed by atoms with Crippen LogP contribution in [0.25, 0.3) is 21.9 Å². The lowest BCUT2D eigenvalue weighted by atomic mass is 10.1. The highest BCUT2D eigenvalue weighted by atomic mass is 32.2. The molecule has 148 valence electrons. The van der Waals surface area contributed by atoms with Gasteiger partial charge in [0.1, 0.15) is 17.2 Å². The van der Waals surface area contributed by atoms with Gasteiger partial charge in [-0.2, -0.15) is 0 Å². The van der Waals surface area contributed by atoms with Gasteiger partial charge < -0.3 is 15.1 Å². The van der Waals surface area contributed by atoms with Crippen molar-refractivity contribution < 1.29 is 17.6 Å². The number of para-hydroxylation sites is 1. The number of fused-ring (bicyclic) bond motifs is 3. The molecule has 0 radical (unpaired) electrons. The fraction of sp³-hybridized carbons (Fsp3) is 0.0952. The summed E-state index contributed by atoms with van der Waals surface area (Å²) in [4.78, 5) is 12.5. The molecule has 4 N–H and O–H groups in total. The first kappa shape index (κ1) is 19.0. The Labute approximate surface area is 167 Å². The monoisotopic (exact) mass is 409 g/mol. The number of amides is 1. The van der Waals surface area contributed by atoms with Gasteiger partial charge in [0, 0.05) is 22.1 Å². The van der Waals surface area contributed by atoms with Gasteiger partial charge in [0.05, 0.1) is 4.90 Å². The lowest BCUT2D eigenvalue weighted by Gasteiger charge is -2.15. The molecular formula is C21H19N3O4S. The fourth-order valence-corrected chi connectivity index (χ4v) is 3.63. The zero-order valence-electron chi connectivity index (χ0n) is 15.5. The van der Waals surface area contributed by atoms with Crippen molar-refractivity contribution in [3.05, 3.63) is 66.7 Å². The molecule has 0 unspecified atom stereocenters. The fourth-order valence-electron chi connectivity index (χ4n) is 3.11. The van der Waals surface area contributed by atoms with E-state index in [1.165, 1.54) is 24.3 Å². The molecule has 0 saturated carbocycles. The zero-order valence-corrected chi connectivity index (χ0v) is 16.4. The maximum atomic E-state index is 12.5. The van der Waals surface area contributed by atoms with Gasteiger partial charge in [0.15, 0.2) is 0 Å². The second kappa shape index (κ2) is 7.23. The predicted molar refractivity (Wildman–Crippen MR) is 113 cm³/mol. The molecule has 0 saturated heterocycles. The van der Waals surface area contributed by atoms with E-state index >= 15 is 0 Å². The van der Waals surface area contributed by atoms with Crippen molar-refractivity contribution in [1.29, 1.82) is 0 Å². The molecule has 1 heterocycles. The number of carbonyl (C=O) groups is 1. The predicted octanol–water partition coefficient (Wildman–Crippen LogP) is 3.67. The zero-order chi connectivity index (χ0) is 20.6. The number of hydrogen-bond donors (Lipinski definition) is 3. The lowest BCUT2D eigenvalue weighted by molar-refractivity contribution is -0.116. The average Bonchev–Trinajstić information content (AvgIpc) is 3.06. The molecule has 0 fully saturated rings. The Hall–Kier alpha value is -3.36. The number of rotatable bonds is 5. The Morgan fingerprint density at radius 1 is 0.931 bits per heavy atom. The highest BCUT2D eigenvalue weighted by Crippen LogP contribution is 2.30. The van der Waals surface area contributed by atoms with Crippen molar-refractivity contribution >= 4 is 49.2 Å². The van der Waals surface area contributed by atoms with E-state index in [4.69, 9.17) is 9.56 Å². The van der Waals surface area contributed by atoms with Crippen molar-refractivity contribution in [1.82, 2.24) is 0 Å².